The minimum absolute atomic E-state index is 0.585. The molecule has 0 radical (unpaired) electrons. The highest BCUT2D eigenvalue weighted by Crippen LogP contribution is 2.29. The van der Waals surface area contributed by atoms with Crippen LogP contribution in [0.5, 0.6) is 0 Å². The molecule has 1 aliphatic carbocycles. The summed E-state index contributed by atoms with van der Waals surface area (Å²) in [6, 6.07) is 0. The van der Waals surface area contributed by atoms with E-state index < -0.39 is 0 Å². The average Bonchev–Trinajstić information content (AvgIpc) is 3.21. The molecule has 2 N–H and O–H groups in total. The molecule has 21 heavy (non-hydrogen) atoms. The van der Waals surface area contributed by atoms with Crippen molar-refractivity contribution in [3.05, 3.63) is 17.1 Å². The summed E-state index contributed by atoms with van der Waals surface area (Å²) in [4.78, 5) is 8.87. The Balaban J connectivity index is 1.75. The molecule has 0 aromatic carbocycles. The lowest BCUT2D eigenvalue weighted by atomic mass is 10.2. The van der Waals surface area contributed by atoms with Gasteiger partial charge in [0.1, 0.15) is 17.3 Å². The van der Waals surface area contributed by atoms with Gasteiger partial charge >= 0.3 is 0 Å². The molecule has 1 saturated carbocycles. The van der Waals surface area contributed by atoms with E-state index in [9.17, 15) is 0 Å². The van der Waals surface area contributed by atoms with Crippen LogP contribution in [0.4, 0.5) is 5.82 Å². The first-order valence-corrected chi connectivity index (χ1v) is 7.75. The van der Waals surface area contributed by atoms with Gasteiger partial charge in [-0.2, -0.15) is 0 Å². The number of aromatic nitrogens is 3. The smallest absolute Gasteiger partial charge is 0.146 e. The number of nitrogens with zero attached hydrogens (tertiary/aromatic N) is 3. The Bertz CT molecular complexity index is 658. The first kappa shape index (κ1) is 14.3. The van der Waals surface area contributed by atoms with Crippen LogP contribution >= 0.6 is 0 Å². The zero-order chi connectivity index (χ0) is 15.0. The number of aryl methyl sites for hydroxylation is 3. The molecule has 0 unspecified atom stereocenters. The second kappa shape index (κ2) is 5.64. The van der Waals surface area contributed by atoms with Gasteiger partial charge in [-0.15, -0.1) is 0 Å². The molecule has 2 aromatic rings. The Kier molecular flexibility index (Phi) is 3.85. The van der Waals surface area contributed by atoms with E-state index in [2.05, 4.69) is 28.4 Å². The van der Waals surface area contributed by atoms with Crippen LogP contribution in [0.2, 0.25) is 0 Å². The lowest BCUT2D eigenvalue weighted by molar-refractivity contribution is 0.119. The summed E-state index contributed by atoms with van der Waals surface area (Å²) in [5.41, 5.74) is 9.43. The largest absolute Gasteiger partial charge is 0.383 e. The van der Waals surface area contributed by atoms with E-state index in [1.165, 1.54) is 24.1 Å². The Labute approximate surface area is 125 Å². The van der Waals surface area contributed by atoms with Gasteiger partial charge < -0.3 is 15.0 Å². The van der Waals surface area contributed by atoms with E-state index in [0.29, 0.717) is 5.82 Å². The number of rotatable bonds is 6. The lowest BCUT2D eigenvalue weighted by Crippen LogP contribution is -2.07. The summed E-state index contributed by atoms with van der Waals surface area (Å²) in [5.74, 6) is 2.14. The standard InChI is InChI=1S/C16H24N4O/c1-10-11(2)20(7-4-8-21-9-13-5-6-13)16-14(10)15(17)18-12(3)19-16/h13H,4-9H2,1-3H3,(H2,17,18,19). The third kappa shape index (κ3) is 2.88. The molecule has 0 amide bonds. The Morgan fingerprint density at radius 1 is 1.24 bits per heavy atom. The van der Waals surface area contributed by atoms with E-state index in [4.69, 9.17) is 10.5 Å². The van der Waals surface area contributed by atoms with Crippen LogP contribution < -0.4 is 5.73 Å². The SMILES string of the molecule is Cc1nc(N)c2c(C)c(C)n(CCCOCC3CC3)c2n1. The van der Waals surface area contributed by atoms with Crippen LogP contribution in [0.1, 0.15) is 36.3 Å². The molecular formula is C16H24N4O. The molecule has 1 aliphatic rings. The predicted molar refractivity (Wildman–Crippen MR) is 84.3 cm³/mol. The van der Waals surface area contributed by atoms with Crippen LogP contribution in [0.3, 0.4) is 0 Å². The summed E-state index contributed by atoms with van der Waals surface area (Å²) >= 11 is 0. The normalized spacial score (nSPS) is 15.0. The molecule has 1 fully saturated rings. The maximum atomic E-state index is 6.07. The van der Waals surface area contributed by atoms with Crippen molar-refractivity contribution in [2.75, 3.05) is 18.9 Å². The maximum absolute atomic E-state index is 6.07. The number of fused-ring (bicyclic) bond motifs is 1. The number of ether oxygens (including phenoxy) is 1. The number of anilines is 1. The van der Waals surface area contributed by atoms with E-state index in [-0.39, 0.29) is 0 Å². The third-order valence-electron chi connectivity index (χ3n) is 4.33. The van der Waals surface area contributed by atoms with Crippen molar-refractivity contribution in [2.45, 2.75) is 46.6 Å². The second-order valence-corrected chi connectivity index (χ2v) is 6.09. The number of hydrogen-bond donors (Lipinski definition) is 1. The summed E-state index contributed by atoms with van der Waals surface area (Å²) in [6.07, 6.45) is 3.69. The van der Waals surface area contributed by atoms with E-state index in [1.54, 1.807) is 0 Å². The molecular weight excluding hydrogens is 264 g/mol. The van der Waals surface area contributed by atoms with Gasteiger partial charge in [-0.05, 0) is 51.5 Å². The quantitative estimate of drug-likeness (QED) is 0.830. The van der Waals surface area contributed by atoms with Gasteiger partial charge in [0.05, 0.1) is 5.39 Å². The summed E-state index contributed by atoms with van der Waals surface area (Å²) < 4.78 is 7.96. The fraction of sp³-hybridized carbons (Fsp3) is 0.625. The van der Waals surface area contributed by atoms with E-state index >= 15 is 0 Å². The Morgan fingerprint density at radius 2 is 2.00 bits per heavy atom. The molecule has 5 heteroatoms. The zero-order valence-electron chi connectivity index (χ0n) is 13.1. The molecule has 0 saturated heterocycles. The molecule has 2 heterocycles. The number of hydrogen-bond acceptors (Lipinski definition) is 4. The molecule has 2 aromatic heterocycles. The van der Waals surface area contributed by atoms with Crippen LogP contribution in [0.25, 0.3) is 11.0 Å². The molecule has 3 rings (SSSR count). The van der Waals surface area contributed by atoms with E-state index in [1.807, 2.05) is 6.92 Å². The summed E-state index contributed by atoms with van der Waals surface area (Å²) in [7, 11) is 0. The summed E-state index contributed by atoms with van der Waals surface area (Å²) in [6.45, 7) is 8.75. The zero-order valence-corrected chi connectivity index (χ0v) is 13.1. The van der Waals surface area contributed by atoms with Crippen molar-refractivity contribution in [1.29, 1.82) is 0 Å². The lowest BCUT2D eigenvalue weighted by Gasteiger charge is -2.09. The topological polar surface area (TPSA) is 66.0 Å². The molecule has 114 valence electrons. The first-order valence-electron chi connectivity index (χ1n) is 7.75. The number of nitrogens with two attached hydrogens (primary N) is 1. The highest BCUT2D eigenvalue weighted by Gasteiger charge is 2.21. The molecule has 0 aliphatic heterocycles. The van der Waals surface area contributed by atoms with Crippen LogP contribution in [0, 0.1) is 26.7 Å². The maximum Gasteiger partial charge on any atom is 0.146 e. The van der Waals surface area contributed by atoms with Crippen LogP contribution in [-0.2, 0) is 11.3 Å². The van der Waals surface area contributed by atoms with E-state index in [0.717, 1.165) is 49.0 Å². The highest BCUT2D eigenvalue weighted by atomic mass is 16.5. The highest BCUT2D eigenvalue weighted by molar-refractivity contribution is 5.91. The fourth-order valence-electron chi connectivity index (χ4n) is 2.81. The van der Waals surface area contributed by atoms with Gasteiger partial charge in [-0.1, -0.05) is 0 Å². The third-order valence-corrected chi connectivity index (χ3v) is 4.33. The van der Waals surface area contributed by atoms with Gasteiger partial charge in [0.15, 0.2) is 0 Å². The van der Waals surface area contributed by atoms with Crippen molar-refractivity contribution < 1.29 is 4.74 Å². The molecule has 0 atom stereocenters. The van der Waals surface area contributed by atoms with Crippen molar-refractivity contribution in [2.24, 2.45) is 5.92 Å². The van der Waals surface area contributed by atoms with Crippen molar-refractivity contribution in [3.8, 4) is 0 Å². The average molecular weight is 288 g/mol. The Morgan fingerprint density at radius 3 is 2.71 bits per heavy atom. The fourth-order valence-corrected chi connectivity index (χ4v) is 2.81. The molecule has 0 bridgehead atoms. The van der Waals surface area contributed by atoms with Crippen molar-refractivity contribution >= 4 is 16.9 Å². The molecule has 5 nitrogen and oxygen atoms in total. The van der Waals surface area contributed by atoms with Gasteiger partial charge in [0.25, 0.3) is 0 Å². The predicted octanol–water partition coefficient (Wildman–Crippen LogP) is 2.76. The van der Waals surface area contributed by atoms with Crippen LogP contribution in [0.15, 0.2) is 0 Å². The van der Waals surface area contributed by atoms with Gasteiger partial charge in [0.2, 0.25) is 0 Å². The molecule has 0 spiro atoms. The van der Waals surface area contributed by atoms with Crippen LogP contribution in [-0.4, -0.2) is 27.7 Å². The second-order valence-electron chi connectivity index (χ2n) is 6.09. The van der Waals surface area contributed by atoms with Gasteiger partial charge in [-0.3, -0.25) is 0 Å². The minimum atomic E-state index is 0.585. The number of nitrogen functional groups attached to an aromatic ring is 1. The van der Waals surface area contributed by atoms with Crippen molar-refractivity contribution in [3.63, 3.8) is 0 Å². The first-order chi connectivity index (χ1) is 10.1. The van der Waals surface area contributed by atoms with Gasteiger partial charge in [-0.25, -0.2) is 9.97 Å². The monoisotopic (exact) mass is 288 g/mol. The van der Waals surface area contributed by atoms with Crippen molar-refractivity contribution in [1.82, 2.24) is 14.5 Å². The minimum Gasteiger partial charge on any atom is -0.383 e. The summed E-state index contributed by atoms with van der Waals surface area (Å²) in [5, 5.41) is 0.997. The van der Waals surface area contributed by atoms with Gasteiger partial charge in [0, 0.05) is 25.5 Å². The Hall–Kier alpha value is -1.62.